The summed E-state index contributed by atoms with van der Waals surface area (Å²) < 4.78 is 2.61. The maximum atomic E-state index is 10.4. The minimum absolute atomic E-state index is 0.469. The highest BCUT2D eigenvalue weighted by molar-refractivity contribution is 7.21. The summed E-state index contributed by atoms with van der Waals surface area (Å²) in [6, 6.07) is 0. The van der Waals surface area contributed by atoms with E-state index in [0.717, 1.165) is 16.9 Å². The first kappa shape index (κ1) is 12.5. The van der Waals surface area contributed by atoms with Gasteiger partial charge in [-0.15, -0.1) is 11.3 Å². The van der Waals surface area contributed by atoms with Crippen molar-refractivity contribution in [3.8, 4) is 0 Å². The molecule has 2 aromatic heterocycles. The molecule has 2 heterocycles. The molecule has 3 nitrogen and oxygen atoms in total. The van der Waals surface area contributed by atoms with Gasteiger partial charge in [-0.1, -0.05) is 43.7 Å². The summed E-state index contributed by atoms with van der Waals surface area (Å²) in [6.07, 6.45) is 10.3. The first-order chi connectivity index (χ1) is 8.75. The molecule has 0 amide bonds. The number of aliphatic hydroxyl groups is 1. The maximum Gasteiger partial charge on any atom is 0.121 e. The van der Waals surface area contributed by atoms with Crippen molar-refractivity contribution in [3.63, 3.8) is 0 Å². The van der Waals surface area contributed by atoms with E-state index in [4.69, 9.17) is 11.6 Å². The predicted octanol–water partition coefficient (Wildman–Crippen LogP) is 4.05. The van der Waals surface area contributed by atoms with Crippen LogP contribution >= 0.6 is 22.9 Å². The summed E-state index contributed by atoms with van der Waals surface area (Å²) in [6.45, 7) is 0. The van der Waals surface area contributed by atoms with E-state index in [-0.39, 0.29) is 0 Å². The van der Waals surface area contributed by atoms with Gasteiger partial charge in [0.2, 0.25) is 0 Å². The SMILES string of the molecule is O[C@@H](CC1CCCCC1)c1c(Cl)sc2cncn12. The third kappa shape index (κ3) is 2.29. The molecule has 0 spiro atoms. The number of hydrogen-bond acceptors (Lipinski definition) is 3. The molecule has 0 unspecified atom stereocenters. The quantitative estimate of drug-likeness (QED) is 0.923. The molecule has 3 rings (SSSR count). The van der Waals surface area contributed by atoms with Crippen molar-refractivity contribution < 1.29 is 5.11 Å². The number of imidazole rings is 1. The van der Waals surface area contributed by atoms with Crippen LogP contribution in [0.5, 0.6) is 0 Å². The zero-order chi connectivity index (χ0) is 12.5. The van der Waals surface area contributed by atoms with Crippen LogP contribution < -0.4 is 0 Å². The Hall–Kier alpha value is -0.580. The van der Waals surface area contributed by atoms with E-state index in [2.05, 4.69) is 4.98 Å². The molecule has 2 aromatic rings. The van der Waals surface area contributed by atoms with Crippen LogP contribution in [0.25, 0.3) is 4.83 Å². The molecule has 1 aliphatic carbocycles. The number of aromatic nitrogens is 2. The third-order valence-electron chi connectivity index (χ3n) is 3.86. The predicted molar refractivity (Wildman–Crippen MR) is 74.2 cm³/mol. The molecule has 0 bridgehead atoms. The zero-order valence-corrected chi connectivity index (χ0v) is 11.8. The average molecular weight is 285 g/mol. The summed E-state index contributed by atoms with van der Waals surface area (Å²) in [5.74, 6) is 0.642. The standard InChI is InChI=1S/C13H17ClN2OS/c14-13-12(16-8-15-7-11(16)18-13)10(17)6-9-4-2-1-3-5-9/h7-10,17H,1-6H2/t10-/m0/s1. The van der Waals surface area contributed by atoms with Crippen molar-refractivity contribution in [2.75, 3.05) is 0 Å². The molecule has 0 saturated heterocycles. The molecule has 18 heavy (non-hydrogen) atoms. The number of hydrogen-bond donors (Lipinski definition) is 1. The fourth-order valence-corrected chi connectivity index (χ4v) is 4.25. The second-order valence-corrected chi connectivity index (χ2v) is 6.75. The van der Waals surface area contributed by atoms with E-state index in [1.165, 1.54) is 43.4 Å². The van der Waals surface area contributed by atoms with Gasteiger partial charge in [-0.25, -0.2) is 4.98 Å². The Balaban J connectivity index is 1.80. The zero-order valence-electron chi connectivity index (χ0n) is 10.2. The molecule has 1 aliphatic rings. The van der Waals surface area contributed by atoms with Crippen LogP contribution in [-0.4, -0.2) is 14.5 Å². The van der Waals surface area contributed by atoms with E-state index in [0.29, 0.717) is 10.3 Å². The van der Waals surface area contributed by atoms with Crippen LogP contribution in [0.1, 0.15) is 50.3 Å². The molecule has 1 fully saturated rings. The number of aliphatic hydroxyl groups excluding tert-OH is 1. The third-order valence-corrected chi connectivity index (χ3v) is 5.18. The topological polar surface area (TPSA) is 37.5 Å². The smallest absolute Gasteiger partial charge is 0.121 e. The second-order valence-electron chi connectivity index (χ2n) is 5.12. The van der Waals surface area contributed by atoms with Gasteiger partial charge in [0.15, 0.2) is 0 Å². The lowest BCUT2D eigenvalue weighted by atomic mass is 9.85. The Bertz CT molecular complexity index is 530. The lowest BCUT2D eigenvalue weighted by molar-refractivity contribution is 0.127. The summed E-state index contributed by atoms with van der Waals surface area (Å²) in [5, 5.41) is 10.4. The minimum atomic E-state index is -0.469. The van der Waals surface area contributed by atoms with Gasteiger partial charge in [-0.2, -0.15) is 0 Å². The summed E-state index contributed by atoms with van der Waals surface area (Å²) in [5.41, 5.74) is 0.819. The number of fused-ring (bicyclic) bond motifs is 1. The minimum Gasteiger partial charge on any atom is -0.387 e. The highest BCUT2D eigenvalue weighted by Crippen LogP contribution is 2.37. The van der Waals surface area contributed by atoms with E-state index < -0.39 is 6.10 Å². The van der Waals surface area contributed by atoms with Crippen molar-refractivity contribution in [1.29, 1.82) is 0 Å². The van der Waals surface area contributed by atoms with Gasteiger partial charge >= 0.3 is 0 Å². The van der Waals surface area contributed by atoms with Gasteiger partial charge in [-0.3, -0.25) is 4.40 Å². The summed E-state index contributed by atoms with van der Waals surface area (Å²) >= 11 is 7.71. The van der Waals surface area contributed by atoms with Crippen LogP contribution in [0.15, 0.2) is 12.5 Å². The fraction of sp³-hybridized carbons (Fsp3) is 0.615. The Morgan fingerprint density at radius 2 is 2.22 bits per heavy atom. The van der Waals surface area contributed by atoms with E-state index in [1.54, 1.807) is 12.5 Å². The van der Waals surface area contributed by atoms with Crippen molar-refractivity contribution in [3.05, 3.63) is 22.6 Å². The maximum absolute atomic E-state index is 10.4. The van der Waals surface area contributed by atoms with Crippen LogP contribution in [0.3, 0.4) is 0 Å². The monoisotopic (exact) mass is 284 g/mol. The molecule has 1 N–H and O–H groups in total. The van der Waals surface area contributed by atoms with Gasteiger partial charge < -0.3 is 5.11 Å². The van der Waals surface area contributed by atoms with Crippen molar-refractivity contribution in [2.24, 2.45) is 5.92 Å². The molecule has 0 aliphatic heterocycles. The Labute approximate surface area is 115 Å². The van der Waals surface area contributed by atoms with Crippen LogP contribution in [0, 0.1) is 5.92 Å². The molecular weight excluding hydrogens is 268 g/mol. The van der Waals surface area contributed by atoms with Crippen molar-refractivity contribution >= 4 is 27.8 Å². The van der Waals surface area contributed by atoms with Crippen LogP contribution in [0.2, 0.25) is 4.34 Å². The normalized spacial score (nSPS) is 19.4. The largest absolute Gasteiger partial charge is 0.387 e. The molecule has 1 atom stereocenters. The van der Waals surface area contributed by atoms with Gasteiger partial charge in [0.1, 0.15) is 15.5 Å². The molecule has 0 aromatic carbocycles. The van der Waals surface area contributed by atoms with E-state index in [1.807, 2.05) is 4.40 Å². The number of nitrogens with zero attached hydrogens (tertiary/aromatic N) is 2. The Morgan fingerprint density at radius 1 is 1.44 bits per heavy atom. The van der Waals surface area contributed by atoms with E-state index in [9.17, 15) is 5.11 Å². The lowest BCUT2D eigenvalue weighted by Gasteiger charge is -2.23. The van der Waals surface area contributed by atoms with Crippen LogP contribution in [-0.2, 0) is 0 Å². The molecule has 0 radical (unpaired) electrons. The number of halogens is 1. The van der Waals surface area contributed by atoms with E-state index >= 15 is 0 Å². The van der Waals surface area contributed by atoms with Gasteiger partial charge in [0, 0.05) is 0 Å². The number of thiazole rings is 1. The summed E-state index contributed by atoms with van der Waals surface area (Å²) in [7, 11) is 0. The highest BCUT2D eigenvalue weighted by Gasteiger charge is 2.23. The number of rotatable bonds is 3. The summed E-state index contributed by atoms with van der Waals surface area (Å²) in [4.78, 5) is 5.09. The molecule has 5 heteroatoms. The Morgan fingerprint density at radius 3 is 3.00 bits per heavy atom. The molecular formula is C13H17ClN2OS. The van der Waals surface area contributed by atoms with Gasteiger partial charge in [0.25, 0.3) is 0 Å². The highest BCUT2D eigenvalue weighted by atomic mass is 35.5. The molecule has 98 valence electrons. The molecule has 1 saturated carbocycles. The van der Waals surface area contributed by atoms with Gasteiger partial charge in [0.05, 0.1) is 18.0 Å². The first-order valence-electron chi connectivity index (χ1n) is 6.54. The van der Waals surface area contributed by atoms with Crippen LogP contribution in [0.4, 0.5) is 0 Å². The average Bonchev–Trinajstić information content (AvgIpc) is 2.89. The first-order valence-corrected chi connectivity index (χ1v) is 7.73. The second kappa shape index (κ2) is 5.19. The fourth-order valence-electron chi connectivity index (χ4n) is 2.92. The van der Waals surface area contributed by atoms with Crippen molar-refractivity contribution in [2.45, 2.75) is 44.6 Å². The lowest BCUT2D eigenvalue weighted by Crippen LogP contribution is -2.12. The Kier molecular flexibility index (Phi) is 3.59. The van der Waals surface area contributed by atoms with Crippen molar-refractivity contribution in [1.82, 2.24) is 9.38 Å². The van der Waals surface area contributed by atoms with Gasteiger partial charge in [-0.05, 0) is 12.3 Å².